The Labute approximate surface area is 76.6 Å². The third-order valence-electron chi connectivity index (χ3n) is 1.49. The number of carbonyl (C=O) groups excluding carboxylic acids is 3. The lowest BCUT2D eigenvalue weighted by Gasteiger charge is -2.10. The van der Waals surface area contributed by atoms with Crippen molar-refractivity contribution in [2.24, 2.45) is 0 Å². The Hall–Kier alpha value is -1.39. The van der Waals surface area contributed by atoms with Gasteiger partial charge in [-0.25, -0.2) is 4.79 Å². The molecule has 0 aliphatic carbocycles. The molecule has 1 aliphatic heterocycles. The Balaban J connectivity index is 0.00000144. The molecule has 1 heterocycles. The molecule has 74 valence electrons. The van der Waals surface area contributed by atoms with E-state index in [0.717, 1.165) is 0 Å². The second-order valence-corrected chi connectivity index (χ2v) is 2.40. The van der Waals surface area contributed by atoms with E-state index in [1.165, 1.54) is 0 Å². The molecule has 0 aromatic carbocycles. The van der Waals surface area contributed by atoms with Gasteiger partial charge >= 0.3 is 5.97 Å². The summed E-state index contributed by atoms with van der Waals surface area (Å²) in [5, 5.41) is 0.547. The average Bonchev–Trinajstić information content (AvgIpc) is 2.35. The minimum Gasteiger partial charge on any atom is -0.330 e. The van der Waals surface area contributed by atoms with Crippen molar-refractivity contribution in [3.63, 3.8) is 0 Å². The smallest absolute Gasteiger partial charge is 0.330 e. The highest BCUT2D eigenvalue weighted by Gasteiger charge is 2.32. The van der Waals surface area contributed by atoms with Gasteiger partial charge in [0.2, 0.25) is 0 Å². The van der Waals surface area contributed by atoms with Gasteiger partial charge in [0.25, 0.3) is 11.8 Å². The highest BCUT2D eigenvalue weighted by molar-refractivity contribution is 6.01. The van der Waals surface area contributed by atoms with Crippen molar-refractivity contribution in [3.05, 3.63) is 0 Å². The molecule has 0 radical (unpaired) electrons. The van der Waals surface area contributed by atoms with E-state index in [0.29, 0.717) is 5.06 Å². The standard InChI is InChI=1S/C7H9NO4.CH4/c1-2-7(11)12-8-5(9)3-4-6(8)10;/h2-4H2,1H3;1H4. The van der Waals surface area contributed by atoms with Gasteiger partial charge in [-0.05, 0) is 0 Å². The maximum absolute atomic E-state index is 10.9. The van der Waals surface area contributed by atoms with E-state index in [1.807, 2.05) is 0 Å². The maximum atomic E-state index is 10.9. The number of nitrogens with zero attached hydrogens (tertiary/aromatic N) is 1. The first-order valence-electron chi connectivity index (χ1n) is 3.71. The highest BCUT2D eigenvalue weighted by atomic mass is 16.7. The van der Waals surface area contributed by atoms with Crippen molar-refractivity contribution in [2.75, 3.05) is 0 Å². The van der Waals surface area contributed by atoms with E-state index in [-0.39, 0.29) is 26.7 Å². The highest BCUT2D eigenvalue weighted by Crippen LogP contribution is 2.12. The first-order chi connectivity index (χ1) is 5.65. The summed E-state index contributed by atoms with van der Waals surface area (Å²) in [7, 11) is 0. The van der Waals surface area contributed by atoms with E-state index < -0.39 is 17.8 Å². The fraction of sp³-hybridized carbons (Fsp3) is 0.625. The molecule has 0 aromatic heterocycles. The minimum absolute atomic E-state index is 0. The second-order valence-electron chi connectivity index (χ2n) is 2.40. The quantitative estimate of drug-likeness (QED) is 0.595. The number of hydroxylamine groups is 2. The molecule has 13 heavy (non-hydrogen) atoms. The summed E-state index contributed by atoms with van der Waals surface area (Å²) in [6, 6.07) is 0. The van der Waals surface area contributed by atoms with Crippen LogP contribution >= 0.6 is 0 Å². The molecular weight excluding hydrogens is 174 g/mol. The fourth-order valence-electron chi connectivity index (χ4n) is 0.824. The molecule has 0 spiro atoms. The largest absolute Gasteiger partial charge is 0.332 e. The van der Waals surface area contributed by atoms with Crippen LogP contribution in [0.2, 0.25) is 0 Å². The van der Waals surface area contributed by atoms with Gasteiger partial charge in [0.1, 0.15) is 0 Å². The molecule has 2 amide bonds. The number of amides is 2. The first kappa shape index (κ1) is 11.6. The van der Waals surface area contributed by atoms with E-state index in [9.17, 15) is 14.4 Å². The molecule has 1 aliphatic rings. The molecule has 0 saturated carbocycles. The van der Waals surface area contributed by atoms with Gasteiger partial charge in [0.05, 0.1) is 0 Å². The van der Waals surface area contributed by atoms with Crippen LogP contribution in [0.15, 0.2) is 0 Å². The number of imide groups is 1. The van der Waals surface area contributed by atoms with Crippen molar-refractivity contribution >= 4 is 17.8 Å². The summed E-state index contributed by atoms with van der Waals surface area (Å²) in [5.74, 6) is -1.46. The number of hydrogen-bond donors (Lipinski definition) is 0. The maximum Gasteiger partial charge on any atom is 0.332 e. The normalized spacial score (nSPS) is 15.6. The van der Waals surface area contributed by atoms with Crippen LogP contribution in [-0.2, 0) is 19.2 Å². The summed E-state index contributed by atoms with van der Waals surface area (Å²) < 4.78 is 0. The summed E-state index contributed by atoms with van der Waals surface area (Å²) in [6.07, 6.45) is 0.419. The van der Waals surface area contributed by atoms with E-state index in [2.05, 4.69) is 4.84 Å². The summed E-state index contributed by atoms with van der Waals surface area (Å²) in [4.78, 5) is 36.9. The summed E-state index contributed by atoms with van der Waals surface area (Å²) in [6.45, 7) is 1.59. The van der Waals surface area contributed by atoms with E-state index in [1.54, 1.807) is 6.92 Å². The third kappa shape index (κ3) is 2.54. The predicted molar refractivity (Wildman–Crippen MR) is 44.2 cm³/mol. The van der Waals surface area contributed by atoms with Crippen LogP contribution < -0.4 is 0 Å². The SMILES string of the molecule is C.CCC(=O)ON1C(=O)CCC1=O. The van der Waals surface area contributed by atoms with Gasteiger partial charge in [-0.1, -0.05) is 14.4 Å². The van der Waals surface area contributed by atoms with Gasteiger partial charge in [-0.2, -0.15) is 0 Å². The Morgan fingerprint density at radius 2 is 1.85 bits per heavy atom. The molecule has 0 aromatic rings. The average molecular weight is 187 g/mol. The van der Waals surface area contributed by atoms with Crippen LogP contribution in [0, 0.1) is 0 Å². The molecule has 5 nitrogen and oxygen atoms in total. The lowest BCUT2D eigenvalue weighted by atomic mass is 10.4. The van der Waals surface area contributed by atoms with Gasteiger partial charge < -0.3 is 4.84 Å². The zero-order valence-electron chi connectivity index (χ0n) is 6.70. The minimum atomic E-state index is -0.571. The molecule has 5 heteroatoms. The van der Waals surface area contributed by atoms with E-state index in [4.69, 9.17) is 0 Å². The molecule has 1 saturated heterocycles. The molecular formula is C8H13NO4. The number of rotatable bonds is 2. The topological polar surface area (TPSA) is 63.7 Å². The van der Waals surface area contributed by atoms with Crippen molar-refractivity contribution in [1.82, 2.24) is 5.06 Å². The van der Waals surface area contributed by atoms with Gasteiger partial charge in [-0.15, -0.1) is 5.06 Å². The zero-order valence-corrected chi connectivity index (χ0v) is 6.70. The Bertz CT molecular complexity index is 220. The lowest BCUT2D eigenvalue weighted by molar-refractivity contribution is -0.197. The molecule has 1 fully saturated rings. The summed E-state index contributed by atoms with van der Waals surface area (Å²) >= 11 is 0. The van der Waals surface area contributed by atoms with Crippen molar-refractivity contribution in [2.45, 2.75) is 33.6 Å². The van der Waals surface area contributed by atoms with Crippen molar-refractivity contribution < 1.29 is 19.2 Å². The fourth-order valence-corrected chi connectivity index (χ4v) is 0.824. The van der Waals surface area contributed by atoms with Crippen LogP contribution in [0.1, 0.15) is 33.6 Å². The van der Waals surface area contributed by atoms with Gasteiger partial charge in [-0.3, -0.25) is 9.59 Å². The molecule has 0 atom stereocenters. The number of carbonyl (C=O) groups is 3. The van der Waals surface area contributed by atoms with Crippen molar-refractivity contribution in [1.29, 1.82) is 0 Å². The zero-order chi connectivity index (χ0) is 9.14. The van der Waals surface area contributed by atoms with Crippen LogP contribution in [-0.4, -0.2) is 22.8 Å². The predicted octanol–water partition coefficient (Wildman–Crippen LogP) is 0.640. The van der Waals surface area contributed by atoms with E-state index >= 15 is 0 Å². The second kappa shape index (κ2) is 4.59. The monoisotopic (exact) mass is 187 g/mol. The molecule has 1 rings (SSSR count). The number of hydrogen-bond acceptors (Lipinski definition) is 4. The van der Waals surface area contributed by atoms with Crippen molar-refractivity contribution in [3.8, 4) is 0 Å². The van der Waals surface area contributed by atoms with Gasteiger partial charge in [0, 0.05) is 19.3 Å². The first-order valence-corrected chi connectivity index (χ1v) is 3.71. The Kier molecular flexibility index (Phi) is 4.10. The Morgan fingerprint density at radius 3 is 2.23 bits per heavy atom. The van der Waals surface area contributed by atoms with Crippen LogP contribution in [0.3, 0.4) is 0 Å². The molecule has 0 unspecified atom stereocenters. The van der Waals surface area contributed by atoms with Gasteiger partial charge in [0.15, 0.2) is 0 Å². The lowest BCUT2D eigenvalue weighted by Crippen LogP contribution is -2.31. The molecule has 0 N–H and O–H groups in total. The van der Waals surface area contributed by atoms with Crippen LogP contribution in [0.25, 0.3) is 0 Å². The third-order valence-corrected chi connectivity index (χ3v) is 1.49. The summed E-state index contributed by atoms with van der Waals surface area (Å²) in [5.41, 5.74) is 0. The van der Waals surface area contributed by atoms with Crippen LogP contribution in [0.5, 0.6) is 0 Å². The van der Waals surface area contributed by atoms with Crippen LogP contribution in [0.4, 0.5) is 0 Å². The molecule has 0 bridgehead atoms. The Morgan fingerprint density at radius 1 is 1.38 bits per heavy atom.